The van der Waals surface area contributed by atoms with E-state index in [1.54, 1.807) is 49.6 Å². The van der Waals surface area contributed by atoms with E-state index in [1.165, 1.54) is 6.08 Å². The van der Waals surface area contributed by atoms with E-state index in [2.05, 4.69) is 21.2 Å². The first kappa shape index (κ1) is 17.9. The molecule has 7 heteroatoms. The van der Waals surface area contributed by atoms with Crippen molar-refractivity contribution in [2.75, 3.05) is 12.0 Å². The van der Waals surface area contributed by atoms with Crippen LogP contribution in [0.5, 0.6) is 5.75 Å². The quantitative estimate of drug-likeness (QED) is 0.616. The van der Waals surface area contributed by atoms with Gasteiger partial charge >= 0.3 is 6.03 Å². The summed E-state index contributed by atoms with van der Waals surface area (Å²) >= 11 is 3.30. The van der Waals surface area contributed by atoms with Gasteiger partial charge in [0.1, 0.15) is 11.3 Å². The molecule has 1 aliphatic rings. The number of anilines is 1. The molecular weight excluding hydrogens is 400 g/mol. The molecule has 4 amide bonds. The smallest absolute Gasteiger partial charge is 0.335 e. The van der Waals surface area contributed by atoms with E-state index < -0.39 is 17.8 Å². The van der Waals surface area contributed by atoms with Crippen LogP contribution in [-0.2, 0) is 9.59 Å². The normalized spacial score (nSPS) is 16.0. The standard InChI is InChI=1S/C19H15BrN2O4/c1-11-9-12(3-8-16(11)26-2)10-15-17(23)21-19(25)22(18(15)24)14-6-4-13(20)5-7-14/h3-10H,1-2H3,(H,21,23,25)/b15-10+. The zero-order valence-electron chi connectivity index (χ0n) is 14.1. The first-order chi connectivity index (χ1) is 12.4. The molecule has 0 saturated carbocycles. The number of halogens is 1. The van der Waals surface area contributed by atoms with Crippen LogP contribution < -0.4 is 15.0 Å². The van der Waals surface area contributed by atoms with E-state index >= 15 is 0 Å². The number of benzene rings is 2. The average Bonchev–Trinajstić information content (AvgIpc) is 2.60. The lowest BCUT2D eigenvalue weighted by Gasteiger charge is -2.26. The highest BCUT2D eigenvalue weighted by Gasteiger charge is 2.36. The van der Waals surface area contributed by atoms with E-state index in [-0.39, 0.29) is 5.57 Å². The molecule has 0 bridgehead atoms. The number of hydrogen-bond donors (Lipinski definition) is 1. The molecule has 2 aromatic carbocycles. The Morgan fingerprint density at radius 2 is 1.77 bits per heavy atom. The number of amides is 4. The monoisotopic (exact) mass is 414 g/mol. The third kappa shape index (κ3) is 3.39. The molecule has 0 atom stereocenters. The van der Waals surface area contributed by atoms with Gasteiger partial charge in [-0.15, -0.1) is 0 Å². The number of aryl methyl sites for hydroxylation is 1. The molecule has 0 unspecified atom stereocenters. The van der Waals surface area contributed by atoms with Crippen LogP contribution in [0.25, 0.3) is 6.08 Å². The van der Waals surface area contributed by atoms with Crippen molar-refractivity contribution in [3.63, 3.8) is 0 Å². The molecule has 0 spiro atoms. The molecular formula is C19H15BrN2O4. The molecule has 1 aliphatic heterocycles. The van der Waals surface area contributed by atoms with Crippen LogP contribution in [0.2, 0.25) is 0 Å². The summed E-state index contributed by atoms with van der Waals surface area (Å²) in [7, 11) is 1.57. The zero-order chi connectivity index (χ0) is 18.8. The van der Waals surface area contributed by atoms with Gasteiger partial charge in [0.25, 0.3) is 11.8 Å². The Hall–Kier alpha value is -2.93. The maximum Gasteiger partial charge on any atom is 0.335 e. The van der Waals surface area contributed by atoms with Gasteiger partial charge in [-0.2, -0.15) is 0 Å². The molecule has 1 fully saturated rings. The molecule has 1 N–H and O–H groups in total. The largest absolute Gasteiger partial charge is 0.496 e. The summed E-state index contributed by atoms with van der Waals surface area (Å²) in [5, 5.41) is 2.20. The second-order valence-corrected chi connectivity index (χ2v) is 6.58. The average molecular weight is 415 g/mol. The van der Waals surface area contributed by atoms with Gasteiger partial charge < -0.3 is 4.74 Å². The lowest BCUT2D eigenvalue weighted by Crippen LogP contribution is -2.54. The third-order valence-corrected chi connectivity index (χ3v) is 4.45. The van der Waals surface area contributed by atoms with Gasteiger partial charge in [-0.1, -0.05) is 22.0 Å². The van der Waals surface area contributed by atoms with Crippen molar-refractivity contribution in [1.82, 2.24) is 5.32 Å². The Bertz CT molecular complexity index is 935. The Morgan fingerprint density at radius 3 is 2.38 bits per heavy atom. The maximum absolute atomic E-state index is 12.8. The van der Waals surface area contributed by atoms with Crippen LogP contribution in [0.1, 0.15) is 11.1 Å². The van der Waals surface area contributed by atoms with Gasteiger partial charge in [-0.25, -0.2) is 9.69 Å². The van der Waals surface area contributed by atoms with Gasteiger partial charge in [0, 0.05) is 4.47 Å². The van der Waals surface area contributed by atoms with E-state index in [0.29, 0.717) is 17.0 Å². The summed E-state index contributed by atoms with van der Waals surface area (Å²) in [4.78, 5) is 38.1. The van der Waals surface area contributed by atoms with Crippen LogP contribution in [0, 0.1) is 6.92 Å². The van der Waals surface area contributed by atoms with Crippen LogP contribution in [0.4, 0.5) is 10.5 Å². The van der Waals surface area contributed by atoms with E-state index in [9.17, 15) is 14.4 Å². The van der Waals surface area contributed by atoms with E-state index in [4.69, 9.17) is 4.74 Å². The molecule has 1 heterocycles. The molecule has 6 nitrogen and oxygen atoms in total. The number of carbonyl (C=O) groups excluding carboxylic acids is 3. The molecule has 0 aliphatic carbocycles. The summed E-state index contributed by atoms with van der Waals surface area (Å²) in [5.74, 6) is -0.686. The Balaban J connectivity index is 1.99. The summed E-state index contributed by atoms with van der Waals surface area (Å²) in [6.45, 7) is 1.86. The third-order valence-electron chi connectivity index (χ3n) is 3.92. The van der Waals surface area contributed by atoms with Crippen molar-refractivity contribution in [3.8, 4) is 5.75 Å². The Labute approximate surface area is 158 Å². The second kappa shape index (κ2) is 7.13. The number of carbonyl (C=O) groups is 3. The summed E-state index contributed by atoms with van der Waals surface area (Å²) in [5.41, 5.74) is 1.79. The summed E-state index contributed by atoms with van der Waals surface area (Å²) in [6, 6.07) is 11.2. The highest BCUT2D eigenvalue weighted by Crippen LogP contribution is 2.25. The molecule has 3 rings (SSSR count). The highest BCUT2D eigenvalue weighted by atomic mass is 79.9. The minimum Gasteiger partial charge on any atom is -0.496 e. The number of rotatable bonds is 3. The number of nitrogens with zero attached hydrogens (tertiary/aromatic N) is 1. The number of nitrogens with one attached hydrogen (secondary N) is 1. The Morgan fingerprint density at radius 1 is 1.08 bits per heavy atom. The minimum atomic E-state index is -0.773. The fourth-order valence-electron chi connectivity index (χ4n) is 2.64. The van der Waals surface area contributed by atoms with Crippen LogP contribution in [0.3, 0.4) is 0 Å². The second-order valence-electron chi connectivity index (χ2n) is 5.66. The lowest BCUT2D eigenvalue weighted by molar-refractivity contribution is -0.122. The van der Waals surface area contributed by atoms with Crippen molar-refractivity contribution in [1.29, 1.82) is 0 Å². The molecule has 0 aromatic heterocycles. The highest BCUT2D eigenvalue weighted by molar-refractivity contribution is 9.10. The number of methoxy groups -OCH3 is 1. The predicted molar refractivity (Wildman–Crippen MR) is 101 cm³/mol. The van der Waals surface area contributed by atoms with Gasteiger partial charge in [-0.05, 0) is 60.5 Å². The number of hydrogen-bond acceptors (Lipinski definition) is 4. The first-order valence-electron chi connectivity index (χ1n) is 7.72. The first-order valence-corrected chi connectivity index (χ1v) is 8.51. The molecule has 1 saturated heterocycles. The van der Waals surface area contributed by atoms with Crippen molar-refractivity contribution in [3.05, 3.63) is 63.6 Å². The van der Waals surface area contributed by atoms with Crippen LogP contribution >= 0.6 is 15.9 Å². The van der Waals surface area contributed by atoms with Crippen LogP contribution in [0.15, 0.2) is 52.5 Å². The zero-order valence-corrected chi connectivity index (χ0v) is 15.7. The fourth-order valence-corrected chi connectivity index (χ4v) is 2.90. The van der Waals surface area contributed by atoms with Crippen molar-refractivity contribution < 1.29 is 19.1 Å². The number of ether oxygens (including phenoxy) is 1. The number of urea groups is 1. The van der Waals surface area contributed by atoms with Crippen LogP contribution in [-0.4, -0.2) is 25.0 Å². The Kier molecular flexibility index (Phi) is 4.90. The maximum atomic E-state index is 12.8. The molecule has 0 radical (unpaired) electrons. The summed E-state index contributed by atoms with van der Waals surface area (Å²) < 4.78 is 6.02. The van der Waals surface area contributed by atoms with Gasteiger partial charge in [0.15, 0.2) is 0 Å². The predicted octanol–water partition coefficient (Wildman–Crippen LogP) is 3.43. The number of imide groups is 2. The van der Waals surface area contributed by atoms with Crippen molar-refractivity contribution in [2.45, 2.75) is 6.92 Å². The van der Waals surface area contributed by atoms with Gasteiger partial charge in [0.2, 0.25) is 0 Å². The van der Waals surface area contributed by atoms with Crippen molar-refractivity contribution in [2.24, 2.45) is 0 Å². The molecule has 26 heavy (non-hydrogen) atoms. The lowest BCUT2D eigenvalue weighted by atomic mass is 10.0. The topological polar surface area (TPSA) is 75.7 Å². The van der Waals surface area contributed by atoms with Gasteiger partial charge in [0.05, 0.1) is 12.8 Å². The van der Waals surface area contributed by atoms with E-state index in [1.807, 2.05) is 6.92 Å². The van der Waals surface area contributed by atoms with Gasteiger partial charge in [-0.3, -0.25) is 14.9 Å². The molecule has 132 valence electrons. The van der Waals surface area contributed by atoms with E-state index in [0.717, 1.165) is 14.9 Å². The molecule has 2 aromatic rings. The summed E-state index contributed by atoms with van der Waals surface area (Å²) in [6.07, 6.45) is 1.46. The van der Waals surface area contributed by atoms with Crippen molar-refractivity contribution >= 4 is 45.5 Å². The minimum absolute atomic E-state index is 0.114. The fraction of sp³-hybridized carbons (Fsp3) is 0.105. The SMILES string of the molecule is COc1ccc(/C=C2\C(=O)NC(=O)N(c3ccc(Br)cc3)C2=O)cc1C. The number of barbiturate groups is 1.